The average molecular weight is 264 g/mol. The SMILES string of the molecule is CCCCC[C@H]1CO[C@H](c2ccc(OC)cc2)CO1. The van der Waals surface area contributed by atoms with Gasteiger partial charge in [0.1, 0.15) is 11.9 Å². The van der Waals surface area contributed by atoms with Crippen LogP contribution in [0.2, 0.25) is 0 Å². The first kappa shape index (κ1) is 14.4. The molecule has 2 atom stereocenters. The summed E-state index contributed by atoms with van der Waals surface area (Å²) in [7, 11) is 1.68. The van der Waals surface area contributed by atoms with Gasteiger partial charge >= 0.3 is 0 Å². The van der Waals surface area contributed by atoms with Gasteiger partial charge in [-0.25, -0.2) is 0 Å². The highest BCUT2D eigenvalue weighted by Gasteiger charge is 2.23. The molecule has 0 radical (unpaired) electrons. The van der Waals surface area contributed by atoms with Crippen LogP contribution in [0.5, 0.6) is 5.75 Å². The van der Waals surface area contributed by atoms with Crippen LogP contribution in [0.1, 0.15) is 44.3 Å². The number of rotatable bonds is 6. The Labute approximate surface area is 115 Å². The van der Waals surface area contributed by atoms with Crippen LogP contribution in [0.4, 0.5) is 0 Å². The van der Waals surface area contributed by atoms with Gasteiger partial charge < -0.3 is 14.2 Å². The summed E-state index contributed by atoms with van der Waals surface area (Å²) >= 11 is 0. The molecule has 1 aromatic carbocycles. The van der Waals surface area contributed by atoms with Gasteiger partial charge in [0.05, 0.1) is 26.4 Å². The Hall–Kier alpha value is -1.06. The predicted octanol–water partition coefficient (Wildman–Crippen LogP) is 3.73. The zero-order chi connectivity index (χ0) is 13.5. The van der Waals surface area contributed by atoms with Crippen molar-refractivity contribution in [3.8, 4) is 5.75 Å². The summed E-state index contributed by atoms with van der Waals surface area (Å²) in [5, 5.41) is 0. The van der Waals surface area contributed by atoms with Crippen LogP contribution in [-0.2, 0) is 9.47 Å². The molecular formula is C16H24O3. The van der Waals surface area contributed by atoms with E-state index in [9.17, 15) is 0 Å². The van der Waals surface area contributed by atoms with Crippen molar-refractivity contribution in [3.05, 3.63) is 29.8 Å². The maximum absolute atomic E-state index is 5.92. The van der Waals surface area contributed by atoms with Gasteiger partial charge in [0.25, 0.3) is 0 Å². The van der Waals surface area contributed by atoms with E-state index in [2.05, 4.69) is 6.92 Å². The third-order valence-electron chi connectivity index (χ3n) is 3.58. The molecule has 19 heavy (non-hydrogen) atoms. The predicted molar refractivity (Wildman–Crippen MR) is 75.6 cm³/mol. The molecule has 0 bridgehead atoms. The normalized spacial score (nSPS) is 23.3. The second-order valence-corrected chi connectivity index (χ2v) is 5.05. The minimum Gasteiger partial charge on any atom is -0.497 e. The fraction of sp³-hybridized carbons (Fsp3) is 0.625. The van der Waals surface area contributed by atoms with Crippen LogP contribution in [0, 0.1) is 0 Å². The molecule has 0 N–H and O–H groups in total. The molecule has 3 nitrogen and oxygen atoms in total. The zero-order valence-corrected chi connectivity index (χ0v) is 11.9. The Morgan fingerprint density at radius 2 is 1.89 bits per heavy atom. The van der Waals surface area contributed by atoms with Crippen molar-refractivity contribution in [3.63, 3.8) is 0 Å². The monoisotopic (exact) mass is 264 g/mol. The summed E-state index contributed by atoms with van der Waals surface area (Å²) in [5.41, 5.74) is 1.16. The van der Waals surface area contributed by atoms with Gasteiger partial charge in [-0.15, -0.1) is 0 Å². The number of methoxy groups -OCH3 is 1. The van der Waals surface area contributed by atoms with Crippen molar-refractivity contribution >= 4 is 0 Å². The second-order valence-electron chi connectivity index (χ2n) is 5.05. The largest absolute Gasteiger partial charge is 0.497 e. The lowest BCUT2D eigenvalue weighted by Crippen LogP contribution is -2.31. The second kappa shape index (κ2) is 7.51. The Morgan fingerprint density at radius 1 is 1.11 bits per heavy atom. The van der Waals surface area contributed by atoms with Gasteiger partial charge in [0.15, 0.2) is 0 Å². The summed E-state index contributed by atoms with van der Waals surface area (Å²) in [4.78, 5) is 0. The molecule has 106 valence electrons. The van der Waals surface area contributed by atoms with Crippen LogP contribution in [-0.4, -0.2) is 26.4 Å². The highest BCUT2D eigenvalue weighted by Crippen LogP contribution is 2.26. The molecule has 2 rings (SSSR count). The molecular weight excluding hydrogens is 240 g/mol. The summed E-state index contributed by atoms with van der Waals surface area (Å²) in [6.45, 7) is 3.58. The third kappa shape index (κ3) is 4.22. The Kier molecular flexibility index (Phi) is 5.67. The van der Waals surface area contributed by atoms with E-state index in [1.165, 1.54) is 19.3 Å². The minimum absolute atomic E-state index is 0.0633. The van der Waals surface area contributed by atoms with Crippen LogP contribution in [0.3, 0.4) is 0 Å². The number of hydrogen-bond donors (Lipinski definition) is 0. The van der Waals surface area contributed by atoms with Gasteiger partial charge in [0.2, 0.25) is 0 Å². The molecule has 0 saturated carbocycles. The molecule has 0 aliphatic carbocycles. The first-order valence-corrected chi connectivity index (χ1v) is 7.20. The molecule has 1 aromatic rings. The maximum Gasteiger partial charge on any atom is 0.118 e. The first-order chi connectivity index (χ1) is 9.33. The molecule has 0 unspecified atom stereocenters. The standard InChI is InChI=1S/C16H24O3/c1-3-4-5-6-15-11-19-16(12-18-15)13-7-9-14(17-2)10-8-13/h7-10,15-16H,3-6,11-12H2,1-2H3/t15-,16-/m0/s1. The fourth-order valence-electron chi connectivity index (χ4n) is 2.34. The minimum atomic E-state index is 0.0633. The van der Waals surface area contributed by atoms with Gasteiger partial charge in [-0.05, 0) is 24.1 Å². The lowest BCUT2D eigenvalue weighted by atomic mass is 10.1. The summed E-state index contributed by atoms with van der Waals surface area (Å²) < 4.78 is 17.0. The molecule has 1 saturated heterocycles. The molecule has 3 heteroatoms. The maximum atomic E-state index is 5.92. The molecule has 0 aromatic heterocycles. The summed E-state index contributed by atoms with van der Waals surface area (Å²) in [6, 6.07) is 8.02. The highest BCUT2D eigenvalue weighted by molar-refractivity contribution is 5.28. The molecule has 1 heterocycles. The number of unbranched alkanes of at least 4 members (excludes halogenated alkanes) is 2. The van der Waals surface area contributed by atoms with Crippen molar-refractivity contribution in [1.29, 1.82) is 0 Å². The lowest BCUT2D eigenvalue weighted by molar-refractivity contribution is -0.137. The number of benzene rings is 1. The van der Waals surface area contributed by atoms with Crippen LogP contribution >= 0.6 is 0 Å². The van der Waals surface area contributed by atoms with E-state index >= 15 is 0 Å². The summed E-state index contributed by atoms with van der Waals surface area (Å²) in [5.74, 6) is 0.873. The van der Waals surface area contributed by atoms with E-state index in [0.717, 1.165) is 17.7 Å². The van der Waals surface area contributed by atoms with Gasteiger partial charge in [-0.2, -0.15) is 0 Å². The van der Waals surface area contributed by atoms with Crippen LogP contribution in [0.25, 0.3) is 0 Å². The average Bonchev–Trinajstić information content (AvgIpc) is 2.48. The Morgan fingerprint density at radius 3 is 2.47 bits per heavy atom. The third-order valence-corrected chi connectivity index (χ3v) is 3.58. The van der Waals surface area contributed by atoms with E-state index in [-0.39, 0.29) is 12.2 Å². The molecule has 1 aliphatic rings. The van der Waals surface area contributed by atoms with E-state index < -0.39 is 0 Å². The van der Waals surface area contributed by atoms with Crippen molar-refractivity contribution < 1.29 is 14.2 Å². The van der Waals surface area contributed by atoms with Gasteiger partial charge in [0, 0.05) is 0 Å². The van der Waals surface area contributed by atoms with Gasteiger partial charge in [-0.3, -0.25) is 0 Å². The zero-order valence-electron chi connectivity index (χ0n) is 11.9. The van der Waals surface area contributed by atoms with E-state index in [0.29, 0.717) is 13.2 Å². The first-order valence-electron chi connectivity index (χ1n) is 7.20. The Balaban J connectivity index is 1.78. The molecule has 0 spiro atoms. The van der Waals surface area contributed by atoms with Crippen molar-refractivity contribution in [2.24, 2.45) is 0 Å². The quantitative estimate of drug-likeness (QED) is 0.733. The summed E-state index contributed by atoms with van der Waals surface area (Å²) in [6.07, 6.45) is 5.22. The van der Waals surface area contributed by atoms with E-state index in [1.54, 1.807) is 7.11 Å². The molecule has 0 amide bonds. The molecule has 1 fully saturated rings. The van der Waals surface area contributed by atoms with Gasteiger partial charge in [-0.1, -0.05) is 38.3 Å². The van der Waals surface area contributed by atoms with Crippen molar-refractivity contribution in [2.75, 3.05) is 20.3 Å². The highest BCUT2D eigenvalue weighted by atomic mass is 16.6. The molecule has 1 aliphatic heterocycles. The van der Waals surface area contributed by atoms with Crippen LogP contribution in [0.15, 0.2) is 24.3 Å². The number of ether oxygens (including phenoxy) is 3. The van der Waals surface area contributed by atoms with E-state index in [4.69, 9.17) is 14.2 Å². The lowest BCUT2D eigenvalue weighted by Gasteiger charge is -2.30. The van der Waals surface area contributed by atoms with Crippen molar-refractivity contribution in [2.45, 2.75) is 44.8 Å². The van der Waals surface area contributed by atoms with Crippen LogP contribution < -0.4 is 4.74 Å². The Bertz CT molecular complexity index is 353. The topological polar surface area (TPSA) is 27.7 Å². The number of hydrogen-bond acceptors (Lipinski definition) is 3. The fourth-order valence-corrected chi connectivity index (χ4v) is 2.34. The van der Waals surface area contributed by atoms with Crippen molar-refractivity contribution in [1.82, 2.24) is 0 Å². The smallest absolute Gasteiger partial charge is 0.118 e. The van der Waals surface area contributed by atoms with E-state index in [1.807, 2.05) is 24.3 Å².